The van der Waals surface area contributed by atoms with Crippen molar-refractivity contribution in [1.29, 1.82) is 0 Å². The van der Waals surface area contributed by atoms with Crippen molar-refractivity contribution in [3.05, 3.63) is 64.7 Å². The molecule has 0 aromatic heterocycles. The highest BCUT2D eigenvalue weighted by Crippen LogP contribution is 2.46. The van der Waals surface area contributed by atoms with Gasteiger partial charge in [0.1, 0.15) is 0 Å². The number of hydrogen-bond acceptors (Lipinski definition) is 5. The van der Waals surface area contributed by atoms with Crippen molar-refractivity contribution in [3.63, 3.8) is 0 Å². The number of carbonyl (C=O) groups excluding carboxylic acids is 2. The molecule has 0 saturated carbocycles. The van der Waals surface area contributed by atoms with E-state index >= 15 is 0 Å². The van der Waals surface area contributed by atoms with Gasteiger partial charge in [0.05, 0.1) is 5.56 Å². The van der Waals surface area contributed by atoms with Crippen molar-refractivity contribution < 1.29 is 19.1 Å². The Labute approximate surface area is 185 Å². The van der Waals surface area contributed by atoms with Gasteiger partial charge in [-0.3, -0.25) is 4.79 Å². The summed E-state index contributed by atoms with van der Waals surface area (Å²) < 4.78 is 9.94. The van der Waals surface area contributed by atoms with Crippen molar-refractivity contribution in [2.75, 3.05) is 5.32 Å². The zero-order valence-corrected chi connectivity index (χ0v) is 19.4. The molecule has 5 nitrogen and oxygen atoms in total. The van der Waals surface area contributed by atoms with Crippen LogP contribution in [-0.2, 0) is 31.6 Å². The normalized spacial score (nSPS) is 17.2. The Morgan fingerprint density at radius 2 is 1.55 bits per heavy atom. The highest BCUT2D eigenvalue weighted by atomic mass is 16.7. The molecule has 1 N–H and O–H groups in total. The fourth-order valence-electron chi connectivity index (χ4n) is 4.14. The highest BCUT2D eigenvalue weighted by Gasteiger charge is 2.36. The summed E-state index contributed by atoms with van der Waals surface area (Å²) in [5.74, 6) is -1.01. The van der Waals surface area contributed by atoms with E-state index in [9.17, 15) is 9.59 Å². The molecule has 2 aromatic rings. The number of fused-ring (bicyclic) bond motifs is 1. The molecule has 0 bridgehead atoms. The van der Waals surface area contributed by atoms with Crippen molar-refractivity contribution in [3.8, 4) is 0 Å². The molecule has 1 unspecified atom stereocenters. The molecule has 2 aromatic carbocycles. The van der Waals surface area contributed by atoms with Crippen LogP contribution in [0.1, 0.15) is 81.4 Å². The summed E-state index contributed by atoms with van der Waals surface area (Å²) in [5, 5.41) is 3.51. The van der Waals surface area contributed by atoms with E-state index in [-0.39, 0.29) is 10.8 Å². The predicted octanol–water partition coefficient (Wildman–Crippen LogP) is 5.71. The lowest BCUT2D eigenvalue weighted by Crippen LogP contribution is -2.33. The van der Waals surface area contributed by atoms with Crippen molar-refractivity contribution in [2.24, 2.45) is 0 Å². The van der Waals surface area contributed by atoms with E-state index in [0.29, 0.717) is 12.1 Å². The first kappa shape index (κ1) is 22.9. The molecule has 3 rings (SSSR count). The maximum Gasteiger partial charge on any atom is 0.341 e. The number of rotatable bonds is 6. The van der Waals surface area contributed by atoms with Crippen LogP contribution in [0.4, 0.5) is 5.69 Å². The molecule has 0 saturated heterocycles. The molecule has 0 spiro atoms. The Morgan fingerprint density at radius 1 is 0.935 bits per heavy atom. The van der Waals surface area contributed by atoms with Gasteiger partial charge in [0, 0.05) is 26.1 Å². The second kappa shape index (κ2) is 8.74. The number of benzene rings is 2. The van der Waals surface area contributed by atoms with Crippen LogP contribution in [0.25, 0.3) is 0 Å². The van der Waals surface area contributed by atoms with Crippen LogP contribution < -0.4 is 5.32 Å². The molecule has 166 valence electrons. The fourth-order valence-corrected chi connectivity index (χ4v) is 4.14. The van der Waals surface area contributed by atoms with Crippen molar-refractivity contribution >= 4 is 17.6 Å². The van der Waals surface area contributed by atoms with Gasteiger partial charge in [-0.05, 0) is 64.6 Å². The third kappa shape index (κ3) is 5.46. The van der Waals surface area contributed by atoms with Crippen LogP contribution in [0.2, 0.25) is 0 Å². The van der Waals surface area contributed by atoms with E-state index in [0.717, 1.165) is 11.3 Å². The zero-order chi connectivity index (χ0) is 22.8. The Bertz CT molecular complexity index is 960. The Kier molecular flexibility index (Phi) is 6.44. The average Bonchev–Trinajstić information content (AvgIpc) is 2.69. The van der Waals surface area contributed by atoms with Gasteiger partial charge in [-0.2, -0.15) is 0 Å². The number of carbonyl (C=O) groups is 2. The second-order valence-electron chi connectivity index (χ2n) is 9.66. The van der Waals surface area contributed by atoms with Gasteiger partial charge in [-0.1, -0.05) is 45.9 Å². The standard InChI is InChI=1S/C26H33NO4/c1-17(28)30-18(2)31-24(29)20-9-7-19(8-10-20)16-27-21-11-12-22-23(15-21)26(5,6)14-13-25(22,3)4/h7-12,15,18,27H,13-14,16H2,1-6H3. The van der Waals surface area contributed by atoms with Crippen LogP contribution in [0.3, 0.4) is 0 Å². The largest absolute Gasteiger partial charge is 0.426 e. The first-order valence-corrected chi connectivity index (χ1v) is 10.8. The minimum absolute atomic E-state index is 0.174. The number of ether oxygens (including phenoxy) is 2. The van der Waals surface area contributed by atoms with Crippen molar-refractivity contribution in [2.45, 2.75) is 78.0 Å². The van der Waals surface area contributed by atoms with Crippen LogP contribution in [0, 0.1) is 0 Å². The second-order valence-corrected chi connectivity index (χ2v) is 9.66. The van der Waals surface area contributed by atoms with Gasteiger partial charge in [0.2, 0.25) is 6.29 Å². The minimum atomic E-state index is -0.912. The molecule has 0 fully saturated rings. The lowest BCUT2D eigenvalue weighted by atomic mass is 9.63. The highest BCUT2D eigenvalue weighted by molar-refractivity contribution is 5.89. The Morgan fingerprint density at radius 3 is 2.16 bits per heavy atom. The number of anilines is 1. The summed E-state index contributed by atoms with van der Waals surface area (Å²) in [7, 11) is 0. The molecule has 0 aliphatic heterocycles. The molecule has 1 atom stereocenters. The topological polar surface area (TPSA) is 64.6 Å². The summed E-state index contributed by atoms with van der Waals surface area (Å²) in [5.41, 5.74) is 5.83. The SMILES string of the molecule is CC(=O)OC(C)OC(=O)c1ccc(CNc2ccc3c(c2)C(C)(C)CCC3(C)C)cc1. The predicted molar refractivity (Wildman–Crippen MR) is 122 cm³/mol. The van der Waals surface area contributed by atoms with Crippen LogP contribution in [0.15, 0.2) is 42.5 Å². The monoisotopic (exact) mass is 423 g/mol. The molecule has 31 heavy (non-hydrogen) atoms. The van der Waals surface area contributed by atoms with E-state index in [1.807, 2.05) is 12.1 Å². The van der Waals surface area contributed by atoms with E-state index < -0.39 is 18.2 Å². The number of hydrogen-bond donors (Lipinski definition) is 1. The van der Waals surface area contributed by atoms with Gasteiger partial charge < -0.3 is 14.8 Å². The third-order valence-corrected chi connectivity index (χ3v) is 6.14. The molecule has 5 heteroatoms. The number of esters is 2. The van der Waals surface area contributed by atoms with Gasteiger partial charge >= 0.3 is 11.9 Å². The van der Waals surface area contributed by atoms with E-state index in [1.165, 1.54) is 37.8 Å². The Hall–Kier alpha value is -2.82. The summed E-state index contributed by atoms with van der Waals surface area (Å²) in [6.45, 7) is 12.7. The quantitative estimate of drug-likeness (QED) is 0.476. The van der Waals surface area contributed by atoms with Crippen LogP contribution in [0.5, 0.6) is 0 Å². The first-order chi connectivity index (χ1) is 14.5. The fraction of sp³-hybridized carbons (Fsp3) is 0.462. The molecule has 1 aliphatic rings. The molecule has 0 amide bonds. The molecule has 0 heterocycles. The maximum atomic E-state index is 12.1. The smallest absolute Gasteiger partial charge is 0.341 e. The lowest BCUT2D eigenvalue weighted by Gasteiger charge is -2.42. The summed E-state index contributed by atoms with van der Waals surface area (Å²) in [6, 6.07) is 13.9. The molecular formula is C26H33NO4. The van der Waals surface area contributed by atoms with Gasteiger partial charge in [-0.15, -0.1) is 0 Å². The molecule has 0 radical (unpaired) electrons. The lowest BCUT2D eigenvalue weighted by molar-refractivity contribution is -0.162. The van der Waals surface area contributed by atoms with Gasteiger partial charge in [0.25, 0.3) is 0 Å². The van der Waals surface area contributed by atoms with Gasteiger partial charge in [0.15, 0.2) is 0 Å². The average molecular weight is 424 g/mol. The summed E-state index contributed by atoms with van der Waals surface area (Å²) in [6.07, 6.45) is 1.47. The van der Waals surface area contributed by atoms with E-state index in [4.69, 9.17) is 9.47 Å². The molecule has 1 aliphatic carbocycles. The summed E-state index contributed by atoms with van der Waals surface area (Å²) in [4.78, 5) is 23.1. The van der Waals surface area contributed by atoms with Crippen molar-refractivity contribution in [1.82, 2.24) is 0 Å². The van der Waals surface area contributed by atoms with E-state index in [2.05, 4.69) is 51.2 Å². The van der Waals surface area contributed by atoms with Gasteiger partial charge in [-0.25, -0.2) is 4.79 Å². The number of nitrogens with one attached hydrogen (secondary N) is 1. The zero-order valence-electron chi connectivity index (χ0n) is 19.4. The third-order valence-electron chi connectivity index (χ3n) is 6.14. The first-order valence-electron chi connectivity index (χ1n) is 10.8. The Balaban J connectivity index is 1.64. The maximum absolute atomic E-state index is 12.1. The minimum Gasteiger partial charge on any atom is -0.426 e. The van der Waals surface area contributed by atoms with E-state index in [1.54, 1.807) is 12.1 Å². The van der Waals surface area contributed by atoms with Crippen LogP contribution >= 0.6 is 0 Å². The van der Waals surface area contributed by atoms with Crippen LogP contribution in [-0.4, -0.2) is 18.2 Å². The molecular weight excluding hydrogens is 390 g/mol. The summed E-state index contributed by atoms with van der Waals surface area (Å²) >= 11 is 0.